The maximum Gasteiger partial charge on any atom is 0.328 e. The lowest BCUT2D eigenvalue weighted by Crippen LogP contribution is -2.19. The summed E-state index contributed by atoms with van der Waals surface area (Å²) in [5, 5.41) is 8.93. The summed E-state index contributed by atoms with van der Waals surface area (Å²) in [6.45, 7) is 4.48. The van der Waals surface area contributed by atoms with Crippen LogP contribution in [0.15, 0.2) is 35.5 Å². The summed E-state index contributed by atoms with van der Waals surface area (Å²) in [4.78, 5) is 19.0. The zero-order valence-corrected chi connectivity index (χ0v) is 12.1. The van der Waals surface area contributed by atoms with Gasteiger partial charge in [0.05, 0.1) is 5.69 Å². The molecule has 0 aliphatic carbocycles. The quantitative estimate of drug-likeness (QED) is 0.749. The van der Waals surface area contributed by atoms with Gasteiger partial charge in [0.2, 0.25) is 0 Å². The van der Waals surface area contributed by atoms with Crippen molar-refractivity contribution in [2.45, 2.75) is 32.7 Å². The fourth-order valence-corrected chi connectivity index (χ4v) is 1.34. The predicted octanol–water partition coefficient (Wildman–Crippen LogP) is 2.38. The number of allylic oxidation sites excluding steroid dienone is 1. The summed E-state index contributed by atoms with van der Waals surface area (Å²) < 4.78 is 0. The first-order valence-electron chi connectivity index (χ1n) is 6.78. The van der Waals surface area contributed by atoms with E-state index >= 15 is 0 Å². The van der Waals surface area contributed by atoms with Crippen LogP contribution in [0.4, 0.5) is 0 Å². The van der Waals surface area contributed by atoms with Crippen molar-refractivity contribution in [2.24, 2.45) is 10.7 Å². The van der Waals surface area contributed by atoms with Crippen LogP contribution in [-0.4, -0.2) is 34.9 Å². The lowest BCUT2D eigenvalue weighted by Gasteiger charge is -2.04. The molecular formula is C15H23N3O2. The molecule has 5 nitrogen and oxygen atoms in total. The minimum Gasteiger partial charge on any atom is -0.480 e. The number of hydrogen-bond donors (Lipinski definition) is 2. The van der Waals surface area contributed by atoms with Crippen LogP contribution in [0.5, 0.6) is 0 Å². The average Bonchev–Trinajstić information content (AvgIpc) is 2.49. The zero-order chi connectivity index (χ0) is 15.2. The summed E-state index contributed by atoms with van der Waals surface area (Å²) >= 11 is 0. The standard InChI is InChI=1S/C13H17N3O2.C2H6/c14-8-3-7-12(13(17)18)16-10-4-6-11-5-1-2-9-15-11;1-2/h1-2,4-6,9-10,12H,3,7-8,14H2,(H,17,18);1-2H3/b6-4+,16-10?;. The van der Waals surface area contributed by atoms with Crippen LogP contribution >= 0.6 is 0 Å². The fraction of sp³-hybridized carbons (Fsp3) is 0.400. The molecule has 110 valence electrons. The second-order valence-corrected chi connectivity index (χ2v) is 3.70. The molecule has 1 atom stereocenters. The Bertz CT molecular complexity index is 416. The van der Waals surface area contributed by atoms with Gasteiger partial charge in [-0.1, -0.05) is 19.9 Å². The van der Waals surface area contributed by atoms with Gasteiger partial charge in [0.15, 0.2) is 0 Å². The molecule has 1 heterocycles. The van der Waals surface area contributed by atoms with Crippen molar-refractivity contribution in [3.63, 3.8) is 0 Å². The number of carbonyl (C=O) groups is 1. The maximum absolute atomic E-state index is 10.9. The van der Waals surface area contributed by atoms with Gasteiger partial charge >= 0.3 is 5.97 Å². The molecule has 1 aromatic heterocycles. The summed E-state index contributed by atoms with van der Waals surface area (Å²) in [5.41, 5.74) is 6.14. The molecule has 5 heteroatoms. The van der Waals surface area contributed by atoms with Crippen molar-refractivity contribution >= 4 is 18.3 Å². The minimum absolute atomic E-state index is 0.458. The van der Waals surface area contributed by atoms with Gasteiger partial charge in [-0.25, -0.2) is 4.79 Å². The molecule has 0 saturated heterocycles. The first kappa shape index (κ1) is 18.0. The minimum atomic E-state index is -0.925. The number of rotatable bonds is 7. The summed E-state index contributed by atoms with van der Waals surface area (Å²) in [6, 6.07) is 4.85. The second-order valence-electron chi connectivity index (χ2n) is 3.70. The van der Waals surface area contributed by atoms with E-state index in [-0.39, 0.29) is 0 Å². The number of aromatic nitrogens is 1. The lowest BCUT2D eigenvalue weighted by molar-refractivity contribution is -0.138. The van der Waals surface area contributed by atoms with Gasteiger partial charge in [0.1, 0.15) is 6.04 Å². The smallest absolute Gasteiger partial charge is 0.328 e. The third-order valence-electron chi connectivity index (χ3n) is 2.27. The molecule has 1 aromatic rings. The highest BCUT2D eigenvalue weighted by Gasteiger charge is 2.13. The molecule has 3 N–H and O–H groups in total. The van der Waals surface area contributed by atoms with Gasteiger partial charge in [-0.15, -0.1) is 0 Å². The number of aliphatic imine (C=N–C) groups is 1. The Morgan fingerprint density at radius 3 is 2.80 bits per heavy atom. The van der Waals surface area contributed by atoms with Crippen LogP contribution in [0, 0.1) is 0 Å². The van der Waals surface area contributed by atoms with Crippen molar-refractivity contribution in [3.8, 4) is 0 Å². The Morgan fingerprint density at radius 1 is 1.50 bits per heavy atom. The van der Waals surface area contributed by atoms with Crippen LogP contribution in [0.1, 0.15) is 32.4 Å². The van der Waals surface area contributed by atoms with Crippen molar-refractivity contribution < 1.29 is 9.90 Å². The van der Waals surface area contributed by atoms with E-state index in [2.05, 4.69) is 9.98 Å². The summed E-state index contributed by atoms with van der Waals surface area (Å²) in [7, 11) is 0. The molecule has 0 aromatic carbocycles. The Balaban J connectivity index is 0.00000172. The molecule has 0 spiro atoms. The molecule has 0 bridgehead atoms. The normalized spacial score (nSPS) is 12.2. The number of nitrogens with two attached hydrogens (primary N) is 1. The van der Waals surface area contributed by atoms with Crippen LogP contribution in [-0.2, 0) is 4.79 Å². The molecule has 1 unspecified atom stereocenters. The first-order valence-corrected chi connectivity index (χ1v) is 6.78. The van der Waals surface area contributed by atoms with Crippen LogP contribution in [0.2, 0.25) is 0 Å². The van der Waals surface area contributed by atoms with Gasteiger partial charge in [-0.05, 0) is 43.7 Å². The highest BCUT2D eigenvalue weighted by molar-refractivity contribution is 5.81. The molecule has 0 fully saturated rings. The van der Waals surface area contributed by atoms with Gasteiger partial charge in [0, 0.05) is 12.4 Å². The Labute approximate surface area is 120 Å². The van der Waals surface area contributed by atoms with Gasteiger partial charge < -0.3 is 10.8 Å². The number of nitrogens with zero attached hydrogens (tertiary/aromatic N) is 2. The molecule has 0 radical (unpaired) electrons. The highest BCUT2D eigenvalue weighted by atomic mass is 16.4. The molecule has 20 heavy (non-hydrogen) atoms. The highest BCUT2D eigenvalue weighted by Crippen LogP contribution is 2.01. The number of aliphatic carboxylic acids is 1. The molecule has 0 saturated carbocycles. The largest absolute Gasteiger partial charge is 0.480 e. The van der Waals surface area contributed by atoms with E-state index in [0.29, 0.717) is 19.4 Å². The Kier molecular flexibility index (Phi) is 10.8. The summed E-state index contributed by atoms with van der Waals surface area (Å²) in [5.74, 6) is -0.925. The monoisotopic (exact) mass is 277 g/mol. The van der Waals surface area contributed by atoms with Crippen molar-refractivity contribution in [1.82, 2.24) is 4.98 Å². The van der Waals surface area contributed by atoms with E-state index < -0.39 is 12.0 Å². The van der Waals surface area contributed by atoms with E-state index in [1.54, 1.807) is 18.3 Å². The number of hydrogen-bond acceptors (Lipinski definition) is 4. The third-order valence-corrected chi connectivity index (χ3v) is 2.27. The molecule has 0 amide bonds. The van der Waals surface area contributed by atoms with Gasteiger partial charge in [-0.2, -0.15) is 0 Å². The maximum atomic E-state index is 10.9. The van der Waals surface area contributed by atoms with Crippen LogP contribution in [0.3, 0.4) is 0 Å². The zero-order valence-electron chi connectivity index (χ0n) is 12.1. The van der Waals surface area contributed by atoms with Crippen molar-refractivity contribution in [1.29, 1.82) is 0 Å². The fourth-order valence-electron chi connectivity index (χ4n) is 1.34. The molecule has 0 aliphatic heterocycles. The SMILES string of the molecule is CC.NCCCC(N=C/C=C/c1ccccn1)C(=O)O. The number of carboxylic acid groups (broad SMARTS) is 1. The van der Waals surface area contributed by atoms with Crippen molar-refractivity contribution in [3.05, 3.63) is 36.2 Å². The van der Waals surface area contributed by atoms with Crippen molar-refractivity contribution in [2.75, 3.05) is 6.54 Å². The molecular weight excluding hydrogens is 254 g/mol. The number of pyridine rings is 1. The first-order chi connectivity index (χ1) is 9.74. The number of carboxylic acids is 1. The average molecular weight is 277 g/mol. The predicted molar refractivity (Wildman–Crippen MR) is 82.8 cm³/mol. The Morgan fingerprint density at radius 2 is 2.25 bits per heavy atom. The van der Waals surface area contributed by atoms with Crippen LogP contribution in [0.25, 0.3) is 6.08 Å². The van der Waals surface area contributed by atoms with Crippen LogP contribution < -0.4 is 5.73 Å². The van der Waals surface area contributed by atoms with Gasteiger partial charge in [-0.3, -0.25) is 9.98 Å². The molecule has 1 rings (SSSR count). The van der Waals surface area contributed by atoms with E-state index in [1.807, 2.05) is 32.0 Å². The van der Waals surface area contributed by atoms with E-state index in [4.69, 9.17) is 10.8 Å². The van der Waals surface area contributed by atoms with E-state index in [0.717, 1.165) is 5.69 Å². The molecule has 0 aliphatic rings. The topological polar surface area (TPSA) is 88.6 Å². The van der Waals surface area contributed by atoms with E-state index in [1.165, 1.54) is 6.21 Å². The third kappa shape index (κ3) is 8.16. The second kappa shape index (κ2) is 12.0. The van der Waals surface area contributed by atoms with E-state index in [9.17, 15) is 4.79 Å². The summed E-state index contributed by atoms with van der Waals surface area (Å²) in [6.07, 6.45) is 7.74. The van der Waals surface area contributed by atoms with Gasteiger partial charge in [0.25, 0.3) is 0 Å². The lowest BCUT2D eigenvalue weighted by atomic mass is 10.1. The Hall–Kier alpha value is -2.01.